The Morgan fingerprint density at radius 2 is 1.68 bits per heavy atom. The van der Waals surface area contributed by atoms with E-state index in [2.05, 4.69) is 4.90 Å². The van der Waals surface area contributed by atoms with E-state index in [4.69, 9.17) is 21.1 Å². The molecule has 2 aliphatic rings. The second kappa shape index (κ2) is 8.29. The van der Waals surface area contributed by atoms with Crippen molar-refractivity contribution < 1.29 is 17.9 Å². The normalized spacial score (nSPS) is 18.6. The summed E-state index contributed by atoms with van der Waals surface area (Å²) in [5, 5.41) is 0.555. The largest absolute Gasteiger partial charge is 0.489 e. The lowest BCUT2D eigenvalue weighted by Crippen LogP contribution is -2.48. The highest BCUT2D eigenvalue weighted by Crippen LogP contribution is 2.38. The second-order valence-electron chi connectivity index (χ2n) is 6.95. The van der Waals surface area contributed by atoms with Gasteiger partial charge in [-0.2, -0.15) is 4.31 Å². The van der Waals surface area contributed by atoms with Gasteiger partial charge in [0.1, 0.15) is 0 Å². The van der Waals surface area contributed by atoms with Crippen LogP contribution < -0.4 is 9.47 Å². The van der Waals surface area contributed by atoms with Gasteiger partial charge < -0.3 is 9.47 Å². The predicted molar refractivity (Wildman–Crippen MR) is 108 cm³/mol. The van der Waals surface area contributed by atoms with Gasteiger partial charge in [0.2, 0.25) is 10.0 Å². The number of piperazine rings is 1. The SMILES string of the molecule is O=S(=O)(c1ccccc1)N1CCN(Cc2cc(Cl)c3c(c2)OCCCO3)CC1. The second-order valence-corrected chi connectivity index (χ2v) is 9.29. The molecule has 0 aromatic heterocycles. The van der Waals surface area contributed by atoms with E-state index in [1.807, 2.05) is 18.2 Å². The molecule has 2 aromatic carbocycles. The maximum Gasteiger partial charge on any atom is 0.243 e. The molecule has 0 bridgehead atoms. The third kappa shape index (κ3) is 4.12. The third-order valence-electron chi connectivity index (χ3n) is 4.98. The first-order valence-electron chi connectivity index (χ1n) is 9.39. The Hall–Kier alpha value is -1.80. The van der Waals surface area contributed by atoms with E-state index in [0.717, 1.165) is 12.0 Å². The van der Waals surface area contributed by atoms with Gasteiger partial charge in [0.25, 0.3) is 0 Å². The van der Waals surface area contributed by atoms with Crippen molar-refractivity contribution in [1.82, 2.24) is 9.21 Å². The Bertz CT molecular complexity index is 929. The van der Waals surface area contributed by atoms with Gasteiger partial charge in [-0.25, -0.2) is 8.42 Å². The lowest BCUT2D eigenvalue weighted by molar-refractivity contribution is 0.181. The number of rotatable bonds is 4. The summed E-state index contributed by atoms with van der Waals surface area (Å²) in [6.07, 6.45) is 0.832. The molecule has 0 unspecified atom stereocenters. The fraction of sp³-hybridized carbons (Fsp3) is 0.400. The van der Waals surface area contributed by atoms with Crippen LogP contribution in [0.1, 0.15) is 12.0 Å². The van der Waals surface area contributed by atoms with Crippen molar-refractivity contribution in [1.29, 1.82) is 0 Å². The van der Waals surface area contributed by atoms with Crippen LogP contribution in [0.25, 0.3) is 0 Å². The van der Waals surface area contributed by atoms with Gasteiger partial charge in [-0.15, -0.1) is 0 Å². The van der Waals surface area contributed by atoms with Crippen LogP contribution in [0.4, 0.5) is 0 Å². The van der Waals surface area contributed by atoms with Gasteiger partial charge in [-0.1, -0.05) is 29.8 Å². The first-order valence-corrected chi connectivity index (χ1v) is 11.2. The van der Waals surface area contributed by atoms with Crippen molar-refractivity contribution >= 4 is 21.6 Å². The molecule has 1 saturated heterocycles. The summed E-state index contributed by atoms with van der Waals surface area (Å²) >= 11 is 6.38. The molecule has 0 spiro atoms. The molecule has 28 heavy (non-hydrogen) atoms. The number of ether oxygens (including phenoxy) is 2. The van der Waals surface area contributed by atoms with Crippen molar-refractivity contribution in [2.75, 3.05) is 39.4 Å². The summed E-state index contributed by atoms with van der Waals surface area (Å²) in [5.74, 6) is 1.30. The Kier molecular flexibility index (Phi) is 5.78. The lowest BCUT2D eigenvalue weighted by Gasteiger charge is -2.34. The van der Waals surface area contributed by atoms with E-state index in [-0.39, 0.29) is 0 Å². The molecule has 0 radical (unpaired) electrons. The molecule has 2 aliphatic heterocycles. The summed E-state index contributed by atoms with van der Waals surface area (Å²) in [7, 11) is -3.43. The highest BCUT2D eigenvalue weighted by molar-refractivity contribution is 7.89. The van der Waals surface area contributed by atoms with E-state index in [1.54, 1.807) is 28.6 Å². The first-order chi connectivity index (χ1) is 13.5. The molecule has 1 fully saturated rings. The van der Waals surface area contributed by atoms with Crippen molar-refractivity contribution in [3.63, 3.8) is 0 Å². The molecule has 6 nitrogen and oxygen atoms in total. The number of nitrogens with zero attached hydrogens (tertiary/aromatic N) is 2. The molecular formula is C20H23ClN2O4S. The topological polar surface area (TPSA) is 59.1 Å². The quantitative estimate of drug-likeness (QED) is 0.758. The summed E-state index contributed by atoms with van der Waals surface area (Å²) in [4.78, 5) is 2.57. The molecule has 0 atom stereocenters. The van der Waals surface area contributed by atoms with Crippen LogP contribution in [0.3, 0.4) is 0 Å². The molecule has 8 heteroatoms. The minimum Gasteiger partial charge on any atom is -0.489 e. The molecule has 0 saturated carbocycles. The van der Waals surface area contributed by atoms with Gasteiger partial charge >= 0.3 is 0 Å². The third-order valence-corrected chi connectivity index (χ3v) is 7.17. The molecule has 0 aliphatic carbocycles. The van der Waals surface area contributed by atoms with Crippen LogP contribution >= 0.6 is 11.6 Å². The molecule has 150 valence electrons. The monoisotopic (exact) mass is 422 g/mol. The fourth-order valence-electron chi connectivity index (χ4n) is 3.50. The van der Waals surface area contributed by atoms with E-state index in [9.17, 15) is 8.42 Å². The lowest BCUT2D eigenvalue weighted by atomic mass is 10.1. The summed E-state index contributed by atoms with van der Waals surface area (Å²) in [6, 6.07) is 12.5. The Labute approximate surface area is 170 Å². The first kappa shape index (κ1) is 19.5. The maximum absolute atomic E-state index is 12.7. The highest BCUT2D eigenvalue weighted by atomic mass is 35.5. The summed E-state index contributed by atoms with van der Waals surface area (Å²) in [5.41, 5.74) is 1.04. The van der Waals surface area contributed by atoms with Crippen molar-refractivity contribution in [2.24, 2.45) is 0 Å². The molecule has 4 rings (SSSR count). The summed E-state index contributed by atoms with van der Waals surface area (Å²) in [6.45, 7) is 4.17. The predicted octanol–water partition coefficient (Wildman–Crippen LogP) is 3.01. The number of fused-ring (bicyclic) bond motifs is 1. The smallest absolute Gasteiger partial charge is 0.243 e. The van der Waals surface area contributed by atoms with E-state index < -0.39 is 10.0 Å². The van der Waals surface area contributed by atoms with Crippen LogP contribution in [-0.2, 0) is 16.6 Å². The molecule has 2 aromatic rings. The minimum atomic E-state index is -3.43. The molecule has 0 N–H and O–H groups in total. The van der Waals surface area contributed by atoms with Crippen LogP contribution in [0, 0.1) is 0 Å². The van der Waals surface area contributed by atoms with Crippen LogP contribution in [0.2, 0.25) is 5.02 Å². The average molecular weight is 423 g/mol. The molecule has 0 amide bonds. The van der Waals surface area contributed by atoms with Gasteiger partial charge in [-0.3, -0.25) is 4.90 Å². The number of sulfonamides is 1. The van der Waals surface area contributed by atoms with Crippen LogP contribution in [0.15, 0.2) is 47.4 Å². The average Bonchev–Trinajstić information content (AvgIpc) is 2.95. The molecule has 2 heterocycles. The zero-order chi connectivity index (χ0) is 19.6. The van der Waals surface area contributed by atoms with E-state index in [1.165, 1.54) is 0 Å². The maximum atomic E-state index is 12.7. The van der Waals surface area contributed by atoms with E-state index in [0.29, 0.717) is 67.4 Å². The number of benzene rings is 2. The minimum absolute atomic E-state index is 0.345. The zero-order valence-corrected chi connectivity index (χ0v) is 17.1. The van der Waals surface area contributed by atoms with Gasteiger partial charge in [0.05, 0.1) is 23.1 Å². The van der Waals surface area contributed by atoms with Crippen LogP contribution in [0.5, 0.6) is 11.5 Å². The standard InChI is InChI=1S/C20H23ClN2O4S/c21-18-13-16(14-19-20(18)27-12-4-11-26-19)15-22-7-9-23(10-8-22)28(24,25)17-5-2-1-3-6-17/h1-3,5-6,13-14H,4,7-12,15H2. The molecular weight excluding hydrogens is 400 g/mol. The number of hydrogen-bond donors (Lipinski definition) is 0. The van der Waals surface area contributed by atoms with Gasteiger partial charge in [0, 0.05) is 39.1 Å². The zero-order valence-electron chi connectivity index (χ0n) is 15.5. The number of hydrogen-bond acceptors (Lipinski definition) is 5. The number of halogens is 1. The van der Waals surface area contributed by atoms with Crippen molar-refractivity contribution in [3.8, 4) is 11.5 Å². The Balaban J connectivity index is 1.41. The van der Waals surface area contributed by atoms with E-state index >= 15 is 0 Å². The fourth-order valence-corrected chi connectivity index (χ4v) is 5.23. The summed E-state index contributed by atoms with van der Waals surface area (Å²) < 4.78 is 38.5. The van der Waals surface area contributed by atoms with Crippen molar-refractivity contribution in [2.45, 2.75) is 17.9 Å². The Morgan fingerprint density at radius 3 is 2.43 bits per heavy atom. The highest BCUT2D eigenvalue weighted by Gasteiger charge is 2.28. The van der Waals surface area contributed by atoms with Crippen molar-refractivity contribution in [3.05, 3.63) is 53.1 Å². The van der Waals surface area contributed by atoms with Crippen LogP contribution in [-0.4, -0.2) is 57.0 Å². The van der Waals surface area contributed by atoms with Gasteiger partial charge in [0.15, 0.2) is 11.5 Å². The Morgan fingerprint density at radius 1 is 0.964 bits per heavy atom. The van der Waals surface area contributed by atoms with Gasteiger partial charge in [-0.05, 0) is 29.8 Å².